The van der Waals surface area contributed by atoms with E-state index in [1.54, 1.807) is 12.1 Å². The molecule has 166 valence electrons. The molecule has 32 heavy (non-hydrogen) atoms. The summed E-state index contributed by atoms with van der Waals surface area (Å²) < 4.78 is 26.9. The van der Waals surface area contributed by atoms with Gasteiger partial charge in [0, 0.05) is 36.0 Å². The Morgan fingerprint density at radius 1 is 1.06 bits per heavy atom. The van der Waals surface area contributed by atoms with E-state index >= 15 is 0 Å². The highest BCUT2D eigenvalue weighted by atomic mass is 19.1. The van der Waals surface area contributed by atoms with Crippen molar-refractivity contribution < 1.29 is 13.6 Å². The number of aryl methyl sites for hydroxylation is 2. The maximum atomic E-state index is 13.8. The van der Waals surface area contributed by atoms with Gasteiger partial charge in [-0.05, 0) is 56.6 Å². The second kappa shape index (κ2) is 9.53. The topological polar surface area (TPSA) is 58.1 Å². The second-order valence-electron chi connectivity index (χ2n) is 8.28. The number of nitrogens with zero attached hydrogens (tertiary/aromatic N) is 3. The van der Waals surface area contributed by atoms with Gasteiger partial charge in [-0.2, -0.15) is 0 Å². The van der Waals surface area contributed by atoms with Crippen molar-refractivity contribution in [1.82, 2.24) is 14.9 Å². The van der Waals surface area contributed by atoms with Crippen molar-refractivity contribution in [3.63, 3.8) is 0 Å². The van der Waals surface area contributed by atoms with Crippen molar-refractivity contribution in [2.24, 2.45) is 0 Å². The molecule has 1 aliphatic heterocycles. The van der Waals surface area contributed by atoms with E-state index < -0.39 is 5.82 Å². The number of nitrogens with one attached hydrogen (secondary N) is 1. The highest BCUT2D eigenvalue weighted by molar-refractivity contribution is 5.92. The first-order chi connectivity index (χ1) is 15.4. The van der Waals surface area contributed by atoms with E-state index in [2.05, 4.69) is 10.2 Å². The zero-order valence-corrected chi connectivity index (χ0v) is 18.2. The number of rotatable bonds is 6. The van der Waals surface area contributed by atoms with Crippen LogP contribution in [-0.4, -0.2) is 33.9 Å². The molecular weight excluding hydrogens is 410 g/mol. The third-order valence-corrected chi connectivity index (χ3v) is 5.88. The first-order valence-corrected chi connectivity index (χ1v) is 10.7. The summed E-state index contributed by atoms with van der Waals surface area (Å²) in [6.07, 6.45) is 1.04. The lowest BCUT2D eigenvalue weighted by molar-refractivity contribution is -0.115. The van der Waals surface area contributed by atoms with Crippen LogP contribution in [-0.2, 0) is 17.8 Å². The van der Waals surface area contributed by atoms with Gasteiger partial charge in [-0.15, -0.1) is 0 Å². The van der Waals surface area contributed by atoms with Gasteiger partial charge in [-0.3, -0.25) is 9.69 Å². The van der Waals surface area contributed by atoms with E-state index in [0.717, 1.165) is 54.4 Å². The smallest absolute Gasteiger partial charge is 0.229 e. The first-order valence-electron chi connectivity index (χ1n) is 10.7. The molecule has 1 N–H and O–H groups in total. The van der Waals surface area contributed by atoms with E-state index in [1.807, 2.05) is 26.0 Å². The summed E-state index contributed by atoms with van der Waals surface area (Å²) >= 11 is 0. The van der Waals surface area contributed by atoms with Gasteiger partial charge in [0.05, 0.1) is 12.1 Å². The summed E-state index contributed by atoms with van der Waals surface area (Å²) in [7, 11) is 0. The normalized spacial score (nSPS) is 16.3. The molecule has 0 aliphatic carbocycles. The molecular formula is C25H26F2N4O. The monoisotopic (exact) mass is 436 g/mol. The molecule has 4 rings (SSSR count). The molecule has 0 spiro atoms. The zero-order valence-electron chi connectivity index (χ0n) is 18.2. The summed E-state index contributed by atoms with van der Waals surface area (Å²) in [6, 6.07) is 12.7. The van der Waals surface area contributed by atoms with Crippen LogP contribution in [0.25, 0.3) is 0 Å². The van der Waals surface area contributed by atoms with Gasteiger partial charge in [0.15, 0.2) is 0 Å². The summed E-state index contributed by atoms with van der Waals surface area (Å²) in [5.74, 6) is 0.0142. The van der Waals surface area contributed by atoms with Crippen molar-refractivity contribution >= 4 is 11.6 Å². The van der Waals surface area contributed by atoms with E-state index in [9.17, 15) is 13.6 Å². The molecule has 1 aliphatic rings. The van der Waals surface area contributed by atoms with E-state index in [-0.39, 0.29) is 29.8 Å². The second-order valence-corrected chi connectivity index (χ2v) is 8.28. The number of benzene rings is 2. The molecule has 0 unspecified atom stereocenters. The van der Waals surface area contributed by atoms with E-state index in [1.165, 1.54) is 24.3 Å². The number of hydrogen-bond acceptors (Lipinski definition) is 4. The van der Waals surface area contributed by atoms with E-state index in [0.29, 0.717) is 0 Å². The van der Waals surface area contributed by atoms with Gasteiger partial charge in [-0.1, -0.05) is 24.3 Å². The van der Waals surface area contributed by atoms with Gasteiger partial charge >= 0.3 is 0 Å². The SMILES string of the molecule is Cc1nc([C@@H]2CCN(Cc3ccc(F)cc3)C2)nc(C)c1CC(=O)Nc1ccccc1F. The zero-order chi connectivity index (χ0) is 22.7. The lowest BCUT2D eigenvalue weighted by atomic mass is 10.0. The molecule has 1 amide bonds. The fourth-order valence-corrected chi connectivity index (χ4v) is 4.16. The molecule has 2 aromatic carbocycles. The summed E-state index contributed by atoms with van der Waals surface area (Å²) in [6.45, 7) is 6.30. The summed E-state index contributed by atoms with van der Waals surface area (Å²) in [5, 5.41) is 2.62. The van der Waals surface area contributed by atoms with Crippen molar-refractivity contribution in [2.45, 2.75) is 39.2 Å². The van der Waals surface area contributed by atoms with Crippen LogP contribution >= 0.6 is 0 Å². The van der Waals surface area contributed by atoms with Crippen LogP contribution in [0.3, 0.4) is 0 Å². The van der Waals surface area contributed by atoms with Crippen LogP contribution in [0.4, 0.5) is 14.5 Å². The van der Waals surface area contributed by atoms with Crippen molar-refractivity contribution in [3.8, 4) is 0 Å². The predicted molar refractivity (Wildman–Crippen MR) is 119 cm³/mol. The number of aromatic nitrogens is 2. The van der Waals surface area contributed by atoms with Crippen LogP contribution in [0, 0.1) is 25.5 Å². The highest BCUT2D eigenvalue weighted by Gasteiger charge is 2.27. The number of carbonyl (C=O) groups is 1. The molecule has 0 radical (unpaired) electrons. The number of carbonyl (C=O) groups excluding carboxylic acids is 1. The largest absolute Gasteiger partial charge is 0.323 e. The Morgan fingerprint density at radius 3 is 2.44 bits per heavy atom. The van der Waals surface area contributed by atoms with E-state index in [4.69, 9.17) is 9.97 Å². The molecule has 1 atom stereocenters. The average Bonchev–Trinajstić information content (AvgIpc) is 3.22. The van der Waals surface area contributed by atoms with Crippen LogP contribution in [0.2, 0.25) is 0 Å². The lowest BCUT2D eigenvalue weighted by Crippen LogP contribution is -2.21. The Bertz CT molecular complexity index is 1090. The predicted octanol–water partition coefficient (Wildman–Crippen LogP) is 4.54. The van der Waals surface area contributed by atoms with Gasteiger partial charge in [0.2, 0.25) is 5.91 Å². The molecule has 3 aromatic rings. The number of halogens is 2. The Balaban J connectivity index is 1.40. The molecule has 1 aromatic heterocycles. The highest BCUT2D eigenvalue weighted by Crippen LogP contribution is 2.27. The third kappa shape index (κ3) is 5.16. The molecule has 7 heteroatoms. The van der Waals surface area contributed by atoms with Crippen molar-refractivity contribution in [3.05, 3.63) is 88.5 Å². The quantitative estimate of drug-likeness (QED) is 0.616. The Hall–Kier alpha value is -3.19. The minimum Gasteiger partial charge on any atom is -0.323 e. The van der Waals surface area contributed by atoms with Crippen molar-refractivity contribution in [2.75, 3.05) is 18.4 Å². The minimum atomic E-state index is -0.465. The van der Waals surface area contributed by atoms with Crippen LogP contribution < -0.4 is 5.32 Å². The molecule has 2 heterocycles. The lowest BCUT2D eigenvalue weighted by Gasteiger charge is -2.17. The van der Waals surface area contributed by atoms with Gasteiger partial charge < -0.3 is 5.32 Å². The van der Waals surface area contributed by atoms with Crippen LogP contribution in [0.5, 0.6) is 0 Å². The maximum absolute atomic E-state index is 13.8. The fourth-order valence-electron chi connectivity index (χ4n) is 4.16. The number of amides is 1. The molecule has 0 bridgehead atoms. The maximum Gasteiger partial charge on any atom is 0.229 e. The van der Waals surface area contributed by atoms with Crippen LogP contribution in [0.1, 0.15) is 40.7 Å². The Kier molecular flexibility index (Phi) is 6.55. The molecule has 1 fully saturated rings. The number of anilines is 1. The third-order valence-electron chi connectivity index (χ3n) is 5.88. The van der Waals surface area contributed by atoms with Gasteiger partial charge in [0.1, 0.15) is 17.5 Å². The number of para-hydroxylation sites is 1. The molecule has 1 saturated heterocycles. The standard InChI is InChI=1S/C25H26F2N4O/c1-16-21(13-24(32)30-23-6-4-3-5-22(23)27)17(2)29-25(28-16)19-11-12-31(15-19)14-18-7-9-20(26)10-8-18/h3-10,19H,11-15H2,1-2H3,(H,30,32)/t19-/m1/s1. The average molecular weight is 437 g/mol. The molecule has 0 saturated carbocycles. The van der Waals surface area contributed by atoms with Crippen LogP contribution in [0.15, 0.2) is 48.5 Å². The summed E-state index contributed by atoms with van der Waals surface area (Å²) in [4.78, 5) is 24.2. The Morgan fingerprint density at radius 2 is 1.75 bits per heavy atom. The van der Waals surface area contributed by atoms with Gasteiger partial charge in [-0.25, -0.2) is 18.7 Å². The number of hydrogen-bond donors (Lipinski definition) is 1. The minimum absolute atomic E-state index is 0.0909. The first kappa shape index (κ1) is 22.0. The van der Waals surface area contributed by atoms with Crippen molar-refractivity contribution in [1.29, 1.82) is 0 Å². The van der Waals surface area contributed by atoms with Gasteiger partial charge in [0.25, 0.3) is 0 Å². The fraction of sp³-hybridized carbons (Fsp3) is 0.320. The Labute approximate surface area is 186 Å². The number of likely N-dealkylation sites (tertiary alicyclic amines) is 1. The summed E-state index contributed by atoms with van der Waals surface area (Å²) in [5.41, 5.74) is 3.55. The molecule has 5 nitrogen and oxygen atoms in total.